The molecular formula is C20H30O2. The molecule has 1 heterocycles. The second-order valence-electron chi connectivity index (χ2n) is 8.34. The third kappa shape index (κ3) is 2.46. The molecule has 3 rings (SSSR count). The summed E-state index contributed by atoms with van der Waals surface area (Å²) in [6, 6.07) is 2.08. The van der Waals surface area contributed by atoms with Crippen molar-refractivity contribution in [1.82, 2.24) is 0 Å². The second kappa shape index (κ2) is 5.56. The molecule has 0 aromatic carbocycles. The van der Waals surface area contributed by atoms with Gasteiger partial charge in [0.15, 0.2) is 0 Å². The van der Waals surface area contributed by atoms with Crippen molar-refractivity contribution in [3.63, 3.8) is 0 Å². The van der Waals surface area contributed by atoms with E-state index in [1.54, 1.807) is 11.8 Å². The molecule has 2 nitrogen and oxygen atoms in total. The van der Waals surface area contributed by atoms with E-state index in [-0.39, 0.29) is 11.5 Å². The Morgan fingerprint density at radius 1 is 1.32 bits per heavy atom. The molecule has 0 amide bonds. The molecule has 2 heteroatoms. The summed E-state index contributed by atoms with van der Waals surface area (Å²) in [5.74, 6) is 1.19. The number of aliphatic hydroxyl groups excluding tert-OH is 1. The Bertz CT molecular complexity index is 540. The van der Waals surface area contributed by atoms with Gasteiger partial charge in [-0.3, -0.25) is 0 Å². The summed E-state index contributed by atoms with van der Waals surface area (Å²) >= 11 is 0. The van der Waals surface area contributed by atoms with Crippen molar-refractivity contribution in [2.75, 3.05) is 0 Å². The van der Waals surface area contributed by atoms with Gasteiger partial charge in [-0.2, -0.15) is 0 Å². The van der Waals surface area contributed by atoms with E-state index in [2.05, 4.69) is 39.8 Å². The number of allylic oxidation sites excluding steroid dienone is 2. The number of aryl methyl sites for hydroxylation is 1. The van der Waals surface area contributed by atoms with E-state index < -0.39 is 0 Å². The van der Waals surface area contributed by atoms with E-state index in [1.165, 1.54) is 12.0 Å². The maximum Gasteiger partial charge on any atom is 0.0934 e. The lowest BCUT2D eigenvalue weighted by molar-refractivity contribution is -0.115. The molecule has 0 unspecified atom stereocenters. The average molecular weight is 302 g/mol. The van der Waals surface area contributed by atoms with Gasteiger partial charge in [0.05, 0.1) is 18.6 Å². The van der Waals surface area contributed by atoms with Gasteiger partial charge in [0, 0.05) is 0 Å². The van der Waals surface area contributed by atoms with Gasteiger partial charge in [-0.1, -0.05) is 32.4 Å². The van der Waals surface area contributed by atoms with E-state index in [0.29, 0.717) is 17.3 Å². The van der Waals surface area contributed by atoms with Crippen LogP contribution in [0.25, 0.3) is 0 Å². The molecule has 4 atom stereocenters. The molecule has 1 aromatic rings. The van der Waals surface area contributed by atoms with Crippen LogP contribution in [0.4, 0.5) is 0 Å². The summed E-state index contributed by atoms with van der Waals surface area (Å²) in [6.07, 6.45) is 11.4. The van der Waals surface area contributed by atoms with Gasteiger partial charge < -0.3 is 9.52 Å². The minimum Gasteiger partial charge on any atom is -0.472 e. The van der Waals surface area contributed by atoms with Crippen LogP contribution in [-0.4, -0.2) is 11.2 Å². The third-order valence-corrected chi connectivity index (χ3v) is 6.83. The van der Waals surface area contributed by atoms with Crippen LogP contribution in [0.3, 0.4) is 0 Å². The van der Waals surface area contributed by atoms with Crippen molar-refractivity contribution in [1.29, 1.82) is 0 Å². The Balaban J connectivity index is 1.85. The number of fused-ring (bicyclic) bond motifs is 1. The normalized spacial score (nSPS) is 37.5. The van der Waals surface area contributed by atoms with E-state index in [4.69, 9.17) is 4.42 Å². The lowest BCUT2D eigenvalue weighted by Gasteiger charge is -2.58. The van der Waals surface area contributed by atoms with E-state index >= 15 is 0 Å². The molecule has 2 aliphatic rings. The first-order valence-corrected chi connectivity index (χ1v) is 8.71. The highest BCUT2D eigenvalue weighted by Gasteiger charge is 2.54. The van der Waals surface area contributed by atoms with Gasteiger partial charge in [0.2, 0.25) is 0 Å². The SMILES string of the molecule is CC1=CC[C@@H]2C(C)(C)[C@H](O)CC[C@@]2(C)[C@H]1CCc1ccoc1. The Labute approximate surface area is 134 Å². The topological polar surface area (TPSA) is 33.4 Å². The monoisotopic (exact) mass is 302 g/mol. The summed E-state index contributed by atoms with van der Waals surface area (Å²) in [6.45, 7) is 9.31. The zero-order valence-corrected chi connectivity index (χ0v) is 14.4. The van der Waals surface area contributed by atoms with Gasteiger partial charge in [0.25, 0.3) is 0 Å². The van der Waals surface area contributed by atoms with Crippen LogP contribution >= 0.6 is 0 Å². The minimum atomic E-state index is -0.160. The molecule has 0 saturated heterocycles. The van der Waals surface area contributed by atoms with Gasteiger partial charge in [-0.05, 0) is 73.3 Å². The number of aliphatic hydroxyl groups is 1. The molecule has 1 fully saturated rings. The average Bonchev–Trinajstić information content (AvgIpc) is 2.96. The lowest BCUT2D eigenvalue weighted by atomic mass is 9.47. The Kier molecular flexibility index (Phi) is 4.01. The molecule has 0 spiro atoms. The summed E-state index contributed by atoms with van der Waals surface area (Å²) in [5, 5.41) is 10.5. The predicted molar refractivity (Wildman–Crippen MR) is 89.5 cm³/mol. The number of rotatable bonds is 3. The predicted octanol–water partition coefficient (Wildman–Crippen LogP) is 4.98. The van der Waals surface area contributed by atoms with E-state index in [0.717, 1.165) is 25.7 Å². The van der Waals surface area contributed by atoms with Crippen molar-refractivity contribution in [2.24, 2.45) is 22.7 Å². The van der Waals surface area contributed by atoms with Crippen molar-refractivity contribution >= 4 is 0 Å². The van der Waals surface area contributed by atoms with Crippen molar-refractivity contribution < 1.29 is 9.52 Å². The zero-order valence-electron chi connectivity index (χ0n) is 14.4. The fourth-order valence-electron chi connectivity index (χ4n) is 5.34. The quantitative estimate of drug-likeness (QED) is 0.799. The van der Waals surface area contributed by atoms with Crippen LogP contribution in [0.2, 0.25) is 0 Å². The molecule has 22 heavy (non-hydrogen) atoms. The molecule has 2 aliphatic carbocycles. The van der Waals surface area contributed by atoms with Gasteiger partial charge >= 0.3 is 0 Å². The fraction of sp³-hybridized carbons (Fsp3) is 0.700. The highest BCUT2D eigenvalue weighted by molar-refractivity contribution is 5.20. The first-order chi connectivity index (χ1) is 10.4. The molecule has 0 radical (unpaired) electrons. The van der Waals surface area contributed by atoms with Gasteiger partial charge in [0.1, 0.15) is 0 Å². The van der Waals surface area contributed by atoms with Crippen molar-refractivity contribution in [3.8, 4) is 0 Å². The molecule has 1 saturated carbocycles. The summed E-state index contributed by atoms with van der Waals surface area (Å²) in [7, 11) is 0. The number of furan rings is 1. The standard InChI is InChI=1S/C20H30O2/c1-14-5-8-17-19(2,3)18(21)9-11-20(17,4)16(14)7-6-15-10-12-22-13-15/h5,10,12-13,16-18,21H,6-9,11H2,1-4H3/t16-,17+,18+,20-/m0/s1. The third-order valence-electron chi connectivity index (χ3n) is 6.83. The van der Waals surface area contributed by atoms with Gasteiger partial charge in [-0.15, -0.1) is 0 Å². The maximum atomic E-state index is 10.5. The molecule has 1 N–H and O–H groups in total. The molecule has 0 bridgehead atoms. The summed E-state index contributed by atoms with van der Waals surface area (Å²) in [4.78, 5) is 0. The van der Waals surface area contributed by atoms with Gasteiger partial charge in [-0.25, -0.2) is 0 Å². The van der Waals surface area contributed by atoms with Crippen LogP contribution in [0.1, 0.15) is 58.9 Å². The molecule has 1 aromatic heterocycles. The molecule has 122 valence electrons. The minimum absolute atomic E-state index is 0.0120. The number of hydrogen-bond acceptors (Lipinski definition) is 2. The second-order valence-corrected chi connectivity index (χ2v) is 8.34. The van der Waals surface area contributed by atoms with Crippen LogP contribution in [0.15, 0.2) is 34.7 Å². The molecular weight excluding hydrogens is 272 g/mol. The highest BCUT2D eigenvalue weighted by Crippen LogP contribution is 2.60. The highest BCUT2D eigenvalue weighted by atomic mass is 16.3. The maximum absolute atomic E-state index is 10.5. The van der Waals surface area contributed by atoms with E-state index in [9.17, 15) is 5.11 Å². The fourth-order valence-corrected chi connectivity index (χ4v) is 5.34. The number of hydrogen-bond donors (Lipinski definition) is 1. The van der Waals surface area contributed by atoms with Crippen LogP contribution in [-0.2, 0) is 6.42 Å². The Hall–Kier alpha value is -1.02. The summed E-state index contributed by atoms with van der Waals surface area (Å²) < 4.78 is 5.21. The first kappa shape index (κ1) is 15.9. The van der Waals surface area contributed by atoms with Crippen LogP contribution in [0, 0.1) is 22.7 Å². The first-order valence-electron chi connectivity index (χ1n) is 8.71. The smallest absolute Gasteiger partial charge is 0.0934 e. The lowest BCUT2D eigenvalue weighted by Crippen LogP contribution is -2.54. The van der Waals surface area contributed by atoms with Crippen LogP contribution < -0.4 is 0 Å². The van der Waals surface area contributed by atoms with E-state index in [1.807, 2.05) is 6.26 Å². The van der Waals surface area contributed by atoms with Crippen LogP contribution in [0.5, 0.6) is 0 Å². The Morgan fingerprint density at radius 2 is 2.09 bits per heavy atom. The van der Waals surface area contributed by atoms with Crippen molar-refractivity contribution in [3.05, 3.63) is 35.8 Å². The van der Waals surface area contributed by atoms with Crippen molar-refractivity contribution in [2.45, 2.75) is 65.9 Å². The zero-order chi connectivity index (χ0) is 16.0. The molecule has 0 aliphatic heterocycles. The summed E-state index contributed by atoms with van der Waals surface area (Å²) in [5.41, 5.74) is 3.17. The largest absolute Gasteiger partial charge is 0.472 e. The Morgan fingerprint density at radius 3 is 2.77 bits per heavy atom.